The number of pyridine rings is 1. The van der Waals surface area contributed by atoms with E-state index >= 15 is 0 Å². The van der Waals surface area contributed by atoms with Gasteiger partial charge in [0, 0.05) is 23.8 Å². The van der Waals surface area contributed by atoms with Gasteiger partial charge in [-0.3, -0.25) is 0 Å². The SMILES string of the molecule is CC(C)n1cc(C#CS(C)(C)C)c2cnc(Br)cc21. The molecule has 2 aromatic rings. The molecule has 19 heavy (non-hydrogen) atoms. The van der Waals surface area contributed by atoms with Crippen LogP contribution < -0.4 is 0 Å². The van der Waals surface area contributed by atoms with Gasteiger partial charge in [0.1, 0.15) is 4.60 Å². The highest BCUT2D eigenvalue weighted by Crippen LogP contribution is 2.33. The molecule has 0 saturated carbocycles. The molecule has 0 aromatic carbocycles. The summed E-state index contributed by atoms with van der Waals surface area (Å²) < 4.78 is 3.12. The molecule has 0 saturated heterocycles. The zero-order valence-electron chi connectivity index (χ0n) is 12.0. The minimum atomic E-state index is -0.810. The van der Waals surface area contributed by atoms with Crippen molar-refractivity contribution >= 4 is 36.9 Å². The molecular weight excluding hydrogens is 320 g/mol. The smallest absolute Gasteiger partial charge is 0.108 e. The van der Waals surface area contributed by atoms with Crippen molar-refractivity contribution in [3.63, 3.8) is 0 Å². The number of halogens is 1. The van der Waals surface area contributed by atoms with Crippen LogP contribution in [0.3, 0.4) is 0 Å². The first kappa shape index (κ1) is 14.5. The molecule has 0 fully saturated rings. The van der Waals surface area contributed by atoms with E-state index in [0.717, 1.165) is 15.6 Å². The Labute approximate surface area is 125 Å². The number of nitrogens with zero attached hydrogens (tertiary/aromatic N) is 2. The van der Waals surface area contributed by atoms with Gasteiger partial charge in [0.15, 0.2) is 0 Å². The van der Waals surface area contributed by atoms with Crippen molar-refractivity contribution in [3.8, 4) is 11.2 Å². The van der Waals surface area contributed by atoms with E-state index in [-0.39, 0.29) is 0 Å². The number of hydrogen-bond acceptors (Lipinski definition) is 1. The van der Waals surface area contributed by atoms with Crippen molar-refractivity contribution in [2.24, 2.45) is 0 Å². The monoisotopic (exact) mass is 338 g/mol. The number of rotatable bonds is 1. The van der Waals surface area contributed by atoms with Crippen LogP contribution in [0.2, 0.25) is 0 Å². The van der Waals surface area contributed by atoms with E-state index in [4.69, 9.17) is 0 Å². The Morgan fingerprint density at radius 1 is 1.32 bits per heavy atom. The first-order valence-corrected chi connectivity index (χ1v) is 9.80. The van der Waals surface area contributed by atoms with Crippen LogP contribution in [-0.2, 0) is 0 Å². The summed E-state index contributed by atoms with van der Waals surface area (Å²) in [4.78, 5) is 4.33. The molecule has 0 N–H and O–H groups in total. The van der Waals surface area contributed by atoms with Crippen LogP contribution in [0.4, 0.5) is 0 Å². The summed E-state index contributed by atoms with van der Waals surface area (Å²) in [5, 5.41) is 4.51. The second kappa shape index (κ2) is 5.22. The average Bonchev–Trinajstić information content (AvgIpc) is 2.63. The van der Waals surface area contributed by atoms with E-state index in [9.17, 15) is 0 Å². The lowest BCUT2D eigenvalue weighted by Gasteiger charge is -2.14. The summed E-state index contributed by atoms with van der Waals surface area (Å²) in [5.41, 5.74) is 2.26. The molecule has 0 atom stereocenters. The predicted octanol–water partition coefficient (Wildman–Crippen LogP) is 4.38. The van der Waals surface area contributed by atoms with Crippen molar-refractivity contribution < 1.29 is 0 Å². The van der Waals surface area contributed by atoms with Gasteiger partial charge in [-0.05, 0) is 59.9 Å². The Hall–Kier alpha value is -0.920. The van der Waals surface area contributed by atoms with Crippen molar-refractivity contribution in [2.75, 3.05) is 18.8 Å². The number of fused-ring (bicyclic) bond motifs is 1. The molecule has 4 heteroatoms. The average molecular weight is 339 g/mol. The van der Waals surface area contributed by atoms with Crippen LogP contribution in [-0.4, -0.2) is 28.3 Å². The normalized spacial score (nSPS) is 12.6. The molecule has 0 bridgehead atoms. The number of hydrogen-bond donors (Lipinski definition) is 0. The van der Waals surface area contributed by atoms with Crippen molar-refractivity contribution in [1.29, 1.82) is 0 Å². The standard InChI is InChI=1S/C15H19BrN2S/c1-11(2)18-10-12(6-7-19(3,4)5)13-9-17-15(16)8-14(13)18/h8-11H,1-5H3. The Morgan fingerprint density at radius 3 is 2.58 bits per heavy atom. The number of aromatic nitrogens is 2. The molecule has 0 aliphatic carbocycles. The molecule has 0 unspecified atom stereocenters. The maximum absolute atomic E-state index is 4.33. The lowest BCUT2D eigenvalue weighted by Crippen LogP contribution is -1.98. The highest BCUT2D eigenvalue weighted by atomic mass is 79.9. The Morgan fingerprint density at radius 2 is 2.00 bits per heavy atom. The minimum Gasteiger partial charge on any atom is -0.344 e. The summed E-state index contributed by atoms with van der Waals surface area (Å²) in [6, 6.07) is 2.47. The fourth-order valence-electron chi connectivity index (χ4n) is 1.85. The molecule has 102 valence electrons. The molecule has 2 rings (SSSR count). The maximum Gasteiger partial charge on any atom is 0.108 e. The maximum atomic E-state index is 4.33. The summed E-state index contributed by atoms with van der Waals surface area (Å²) in [5.74, 6) is 3.33. The zero-order chi connectivity index (χ0) is 14.2. The second-order valence-corrected chi connectivity index (χ2v) is 10.3. The van der Waals surface area contributed by atoms with Crippen LogP contribution in [0.5, 0.6) is 0 Å². The molecule has 0 aliphatic rings. The van der Waals surface area contributed by atoms with Gasteiger partial charge in [0.2, 0.25) is 0 Å². The Balaban J connectivity index is 2.65. The van der Waals surface area contributed by atoms with E-state index in [1.54, 1.807) is 0 Å². The second-order valence-electron chi connectivity index (χ2n) is 5.63. The summed E-state index contributed by atoms with van der Waals surface area (Å²) in [6.45, 7) is 4.36. The van der Waals surface area contributed by atoms with E-state index in [1.807, 2.05) is 6.20 Å². The van der Waals surface area contributed by atoms with Crippen LogP contribution in [0.15, 0.2) is 23.1 Å². The van der Waals surface area contributed by atoms with E-state index in [1.165, 1.54) is 5.52 Å². The lowest BCUT2D eigenvalue weighted by molar-refractivity contribution is 0.622. The highest BCUT2D eigenvalue weighted by molar-refractivity contribution is 9.10. The summed E-state index contributed by atoms with van der Waals surface area (Å²) in [6.07, 6.45) is 10.7. The fourth-order valence-corrected chi connectivity index (χ4v) is 2.59. The predicted molar refractivity (Wildman–Crippen MR) is 90.1 cm³/mol. The first-order chi connectivity index (χ1) is 8.78. The highest BCUT2D eigenvalue weighted by Gasteiger charge is 2.10. The molecule has 0 amide bonds. The van der Waals surface area contributed by atoms with Gasteiger partial charge >= 0.3 is 0 Å². The Kier molecular flexibility index (Phi) is 3.98. The van der Waals surface area contributed by atoms with Gasteiger partial charge in [0.25, 0.3) is 0 Å². The van der Waals surface area contributed by atoms with Gasteiger partial charge in [-0.15, -0.1) is 0 Å². The van der Waals surface area contributed by atoms with Crippen LogP contribution in [0.25, 0.3) is 10.9 Å². The fraction of sp³-hybridized carbons (Fsp3) is 0.400. The van der Waals surface area contributed by atoms with Gasteiger partial charge in [-0.25, -0.2) is 4.98 Å². The first-order valence-electron chi connectivity index (χ1n) is 6.15. The molecule has 2 heterocycles. The largest absolute Gasteiger partial charge is 0.344 e. The van der Waals surface area contributed by atoms with Crippen molar-refractivity contribution in [1.82, 2.24) is 9.55 Å². The quantitative estimate of drug-likeness (QED) is 0.557. The van der Waals surface area contributed by atoms with Crippen LogP contribution in [0.1, 0.15) is 25.5 Å². The third kappa shape index (κ3) is 3.34. The minimum absolute atomic E-state index is 0.411. The molecule has 0 radical (unpaired) electrons. The van der Waals surface area contributed by atoms with Crippen LogP contribution >= 0.6 is 26.0 Å². The van der Waals surface area contributed by atoms with Gasteiger partial charge in [-0.2, -0.15) is 10.0 Å². The summed E-state index contributed by atoms with van der Waals surface area (Å²) in [7, 11) is -0.810. The van der Waals surface area contributed by atoms with Crippen molar-refractivity contribution in [2.45, 2.75) is 19.9 Å². The van der Waals surface area contributed by atoms with Crippen molar-refractivity contribution in [3.05, 3.63) is 28.6 Å². The topological polar surface area (TPSA) is 17.8 Å². The lowest BCUT2D eigenvalue weighted by atomic mass is 10.2. The van der Waals surface area contributed by atoms with Gasteiger partial charge < -0.3 is 4.57 Å². The summed E-state index contributed by atoms with van der Waals surface area (Å²) >= 11 is 3.44. The van der Waals surface area contributed by atoms with E-state index < -0.39 is 10.0 Å². The zero-order valence-corrected chi connectivity index (χ0v) is 14.4. The van der Waals surface area contributed by atoms with Gasteiger partial charge in [-0.1, -0.05) is 5.92 Å². The molecule has 0 aliphatic heterocycles. The molecule has 2 aromatic heterocycles. The van der Waals surface area contributed by atoms with E-state index in [0.29, 0.717) is 6.04 Å². The van der Waals surface area contributed by atoms with Gasteiger partial charge in [0.05, 0.1) is 11.1 Å². The third-order valence-electron chi connectivity index (χ3n) is 2.73. The molecular formula is C15H19BrN2S. The molecule has 0 spiro atoms. The van der Waals surface area contributed by atoms with Crippen LogP contribution in [0, 0.1) is 11.2 Å². The van der Waals surface area contributed by atoms with E-state index in [2.05, 4.69) is 81.5 Å². The third-order valence-corrected chi connectivity index (χ3v) is 3.88. The Bertz CT molecular complexity index is 669. The molecule has 2 nitrogen and oxygen atoms in total.